The highest BCUT2D eigenvalue weighted by atomic mass is 32.2. The van der Waals surface area contributed by atoms with Crippen LogP contribution in [-0.2, 0) is 37.6 Å². The van der Waals surface area contributed by atoms with Gasteiger partial charge < -0.3 is 34.6 Å². The summed E-state index contributed by atoms with van der Waals surface area (Å²) in [6.45, 7) is 10.1. The summed E-state index contributed by atoms with van der Waals surface area (Å²) in [5.41, 5.74) is 1.96. The third-order valence-corrected chi connectivity index (χ3v) is 15.6. The van der Waals surface area contributed by atoms with Crippen molar-refractivity contribution in [3.05, 3.63) is 133 Å². The van der Waals surface area contributed by atoms with Crippen molar-refractivity contribution in [2.45, 2.75) is 51.4 Å². The number of aromatic nitrogens is 4. The second-order valence-corrected chi connectivity index (χ2v) is 21.3. The predicted octanol–water partition coefficient (Wildman–Crippen LogP) is 6.99. The summed E-state index contributed by atoms with van der Waals surface area (Å²) >= 11 is 0. The van der Waals surface area contributed by atoms with E-state index >= 15 is 0 Å². The van der Waals surface area contributed by atoms with Gasteiger partial charge >= 0.3 is 5.97 Å². The molecule has 0 bridgehead atoms. The topological polar surface area (TPSA) is 244 Å². The summed E-state index contributed by atoms with van der Waals surface area (Å²) in [4.78, 5) is 43.6. The molecule has 21 heteroatoms. The number of benzene rings is 2. The van der Waals surface area contributed by atoms with Crippen molar-refractivity contribution >= 4 is 65.4 Å². The van der Waals surface area contributed by atoms with E-state index < -0.39 is 37.7 Å². The number of nitrogens with one attached hydrogen (secondary N) is 1. The van der Waals surface area contributed by atoms with E-state index in [1.807, 2.05) is 43.4 Å². The number of methoxy groups -OCH3 is 1. The van der Waals surface area contributed by atoms with Gasteiger partial charge in [0, 0.05) is 49.8 Å². The number of pyridine rings is 4. The van der Waals surface area contributed by atoms with Crippen LogP contribution in [0.2, 0.25) is 0 Å². The molecule has 2 aliphatic heterocycles. The average Bonchev–Trinajstić information content (AvgIpc) is 3.71. The Balaban J connectivity index is 0.000000201. The average molecular weight is 1050 g/mol. The molecule has 2 fully saturated rings. The molecule has 0 atom stereocenters. The summed E-state index contributed by atoms with van der Waals surface area (Å²) in [7, 11) is -2.44. The van der Waals surface area contributed by atoms with E-state index in [1.54, 1.807) is 43.5 Å². The number of rotatable bonds is 16. The molecule has 0 spiro atoms. The maximum Gasteiger partial charge on any atom is 0.360 e. The van der Waals surface area contributed by atoms with Crippen molar-refractivity contribution in [3.8, 4) is 23.0 Å². The monoisotopic (exact) mass is 1050 g/mol. The van der Waals surface area contributed by atoms with Gasteiger partial charge in [0.1, 0.15) is 35.7 Å². The second kappa shape index (κ2) is 26.5. The van der Waals surface area contributed by atoms with E-state index in [9.17, 15) is 36.6 Å². The van der Waals surface area contributed by atoms with E-state index in [4.69, 9.17) is 9.47 Å². The van der Waals surface area contributed by atoms with Crippen molar-refractivity contribution < 1.29 is 50.8 Å². The van der Waals surface area contributed by atoms with E-state index in [-0.39, 0.29) is 64.4 Å². The first-order valence-corrected chi connectivity index (χ1v) is 27.5. The number of aromatic hydroxyl groups is 2. The standard InChI is InChI=1S/C26H30N4O5S.C15H17N3O5S.C12H17NO/c1-3-16-35-20-10-7-9-19(18-20)12-15-29(2)26(32)23-24(31)22-21(11-8-13-27-22)25(28-23)30-14-5-4-6-17-36(30,33)34;1-23-15(20)12-13(19)11-10(6-5-7-16-11)14(17-12)18-8-3-2-4-9-24(18,21)22;1-3-9-14-12-6-4-5-11(10-12)7-8-13-2/h3,7-11,13,18,31H,1,4-6,12,14-17H2,2H3;5-7,19H,2-4,8-9H2,1H3;3-6,10,13H,1,7-9H2,2H3. The molecule has 19 nitrogen and oxygen atoms in total. The largest absolute Gasteiger partial charge is 0.504 e. The van der Waals surface area contributed by atoms with Crippen LogP contribution in [0.1, 0.15) is 70.6 Å². The fourth-order valence-corrected chi connectivity index (χ4v) is 11.3. The third-order valence-electron chi connectivity index (χ3n) is 12.0. The van der Waals surface area contributed by atoms with Gasteiger partial charge in [-0.1, -0.05) is 62.4 Å². The minimum atomic E-state index is -3.62. The van der Waals surface area contributed by atoms with Crippen molar-refractivity contribution in [3.63, 3.8) is 0 Å². The molecule has 74 heavy (non-hydrogen) atoms. The Morgan fingerprint density at radius 2 is 1.19 bits per heavy atom. The summed E-state index contributed by atoms with van der Waals surface area (Å²) in [5, 5.41) is 25.1. The molecule has 2 saturated heterocycles. The summed E-state index contributed by atoms with van der Waals surface area (Å²) < 4.78 is 69.2. The Labute approximate surface area is 432 Å². The van der Waals surface area contributed by atoms with Gasteiger partial charge in [-0.05, 0) is 112 Å². The zero-order valence-electron chi connectivity index (χ0n) is 42.0. The molecule has 1 amide bonds. The van der Waals surface area contributed by atoms with Crippen LogP contribution in [-0.4, -0.2) is 136 Å². The van der Waals surface area contributed by atoms with Gasteiger partial charge in [0.25, 0.3) is 5.91 Å². The van der Waals surface area contributed by atoms with E-state index in [0.717, 1.165) is 44.2 Å². The van der Waals surface area contributed by atoms with Crippen LogP contribution in [0.15, 0.2) is 111 Å². The van der Waals surface area contributed by atoms with Gasteiger partial charge in [-0.25, -0.2) is 31.6 Å². The molecular formula is C53H64N8O11S2. The van der Waals surface area contributed by atoms with Crippen LogP contribution < -0.4 is 23.4 Å². The molecule has 0 radical (unpaired) electrons. The minimum absolute atomic E-state index is 0.00999. The maximum absolute atomic E-state index is 13.4. The molecule has 6 aromatic rings. The normalized spacial score (nSPS) is 15.0. The molecule has 2 aliphatic rings. The highest BCUT2D eigenvalue weighted by Crippen LogP contribution is 2.37. The number of sulfonamides is 2. The Morgan fingerprint density at radius 3 is 1.68 bits per heavy atom. The first kappa shape index (κ1) is 55.9. The Kier molecular flexibility index (Phi) is 20.1. The van der Waals surface area contributed by atoms with Crippen molar-refractivity contribution in [1.29, 1.82) is 0 Å². The van der Waals surface area contributed by atoms with E-state index in [1.165, 1.54) is 31.5 Å². The lowest BCUT2D eigenvalue weighted by Crippen LogP contribution is -2.34. The van der Waals surface area contributed by atoms with Crippen molar-refractivity contribution in [2.24, 2.45) is 0 Å². The van der Waals surface area contributed by atoms with Gasteiger partial charge in [0.2, 0.25) is 20.0 Å². The van der Waals surface area contributed by atoms with E-state index in [2.05, 4.69) is 55.3 Å². The highest BCUT2D eigenvalue weighted by molar-refractivity contribution is 7.93. The first-order valence-electron chi connectivity index (χ1n) is 24.2. The SMILES string of the molecule is C=CCOc1cccc(CCN(C)C(=O)c2nc(N3CCCCCS3(=O)=O)c3cccnc3c2O)c1.C=CCOc1cccc(CCNC)c1.COC(=O)c1nc(N2CCCCCS2(=O)=O)c2cccnc2c1O. The molecule has 6 heterocycles. The maximum atomic E-state index is 13.4. The predicted molar refractivity (Wildman–Crippen MR) is 286 cm³/mol. The fourth-order valence-electron chi connectivity index (χ4n) is 8.13. The zero-order valence-corrected chi connectivity index (χ0v) is 43.6. The van der Waals surface area contributed by atoms with Crippen LogP contribution in [0, 0.1) is 0 Å². The first-order chi connectivity index (χ1) is 35.6. The number of amides is 1. The molecule has 0 saturated carbocycles. The lowest BCUT2D eigenvalue weighted by atomic mass is 10.1. The van der Waals surface area contributed by atoms with Gasteiger partial charge in [0.05, 0.1) is 18.6 Å². The number of fused-ring (bicyclic) bond motifs is 2. The van der Waals surface area contributed by atoms with Crippen LogP contribution in [0.5, 0.6) is 23.0 Å². The van der Waals surface area contributed by atoms with Crippen LogP contribution in [0.3, 0.4) is 0 Å². The molecular weight excluding hydrogens is 989 g/mol. The number of likely N-dealkylation sites (N-methyl/N-ethyl adjacent to an activating group) is 2. The van der Waals surface area contributed by atoms with Crippen LogP contribution >= 0.6 is 0 Å². The fraction of sp³-hybridized carbons (Fsp3) is 0.358. The smallest absolute Gasteiger partial charge is 0.360 e. The summed E-state index contributed by atoms with van der Waals surface area (Å²) in [6.07, 6.45) is 12.0. The molecule has 0 aliphatic carbocycles. The molecule has 0 unspecified atom stereocenters. The molecule has 4 aromatic heterocycles. The van der Waals surface area contributed by atoms with Gasteiger partial charge in [-0.3, -0.25) is 23.4 Å². The van der Waals surface area contributed by atoms with E-state index in [0.29, 0.717) is 68.4 Å². The number of carbonyl (C=O) groups excluding carboxylic acids is 2. The number of ether oxygens (including phenoxy) is 3. The summed E-state index contributed by atoms with van der Waals surface area (Å²) in [5.74, 6) is -0.281. The van der Waals surface area contributed by atoms with Crippen LogP contribution in [0.25, 0.3) is 21.8 Å². The number of esters is 1. The second-order valence-electron chi connectivity index (χ2n) is 17.3. The summed E-state index contributed by atoms with van der Waals surface area (Å²) in [6, 6.07) is 22.3. The van der Waals surface area contributed by atoms with Gasteiger partial charge in [-0.15, -0.1) is 0 Å². The number of hydrogen-bond donors (Lipinski definition) is 3. The number of nitrogens with zero attached hydrogens (tertiary/aromatic N) is 7. The molecule has 3 N–H and O–H groups in total. The number of anilines is 2. The molecule has 8 rings (SSSR count). The van der Waals surface area contributed by atoms with Crippen LogP contribution in [0.4, 0.5) is 11.6 Å². The molecule has 2 aromatic carbocycles. The van der Waals surface area contributed by atoms with Crippen molar-refractivity contribution in [2.75, 3.05) is 80.7 Å². The quantitative estimate of drug-likeness (QED) is 0.0653. The van der Waals surface area contributed by atoms with Gasteiger partial charge in [-0.2, -0.15) is 0 Å². The lowest BCUT2D eigenvalue weighted by molar-refractivity contribution is 0.0590. The Hall–Kier alpha value is -7.36. The Morgan fingerprint density at radius 1 is 0.703 bits per heavy atom. The van der Waals surface area contributed by atoms with Gasteiger partial charge in [0.15, 0.2) is 34.5 Å². The Bertz CT molecular complexity index is 3160. The number of carbonyl (C=O) groups is 2. The zero-order chi connectivity index (χ0) is 53.3. The minimum Gasteiger partial charge on any atom is -0.504 e. The highest BCUT2D eigenvalue weighted by Gasteiger charge is 2.32. The third kappa shape index (κ3) is 14.2. The molecule has 394 valence electrons. The lowest BCUT2D eigenvalue weighted by Gasteiger charge is -2.24. The number of hydrogen-bond acceptors (Lipinski definition) is 16. The van der Waals surface area contributed by atoms with Crippen molar-refractivity contribution in [1.82, 2.24) is 30.2 Å².